The molecule has 1 aromatic rings. The van der Waals surface area contributed by atoms with Gasteiger partial charge >= 0.3 is 0 Å². The van der Waals surface area contributed by atoms with Crippen molar-refractivity contribution < 1.29 is 9.32 Å². The molecule has 1 aliphatic carbocycles. The highest BCUT2D eigenvalue weighted by molar-refractivity contribution is 6.53. The number of carbonyl (C=O) groups excluding carboxylic acids is 1. The standard InChI is InChI=1S/C13H18Cl2N2O2/c1-7-8(11(2,3)4)19-17-9(7)16-10(18)12(5)6-13(12,14)15/h6H2,1-5H3,(H,16,17,18). The van der Waals surface area contributed by atoms with Crippen molar-refractivity contribution in [3.8, 4) is 0 Å². The summed E-state index contributed by atoms with van der Waals surface area (Å²) in [5, 5.41) is 6.67. The molecule has 0 bridgehead atoms. The lowest BCUT2D eigenvalue weighted by molar-refractivity contribution is -0.120. The van der Waals surface area contributed by atoms with Crippen molar-refractivity contribution in [1.82, 2.24) is 5.16 Å². The first-order chi connectivity index (χ1) is 8.49. The zero-order valence-corrected chi connectivity index (χ0v) is 13.2. The summed E-state index contributed by atoms with van der Waals surface area (Å²) < 4.78 is 4.33. The normalized spacial score (nSPS) is 25.2. The SMILES string of the molecule is Cc1c(NC(=O)C2(C)CC2(Cl)Cl)noc1C(C)(C)C. The van der Waals surface area contributed by atoms with E-state index in [9.17, 15) is 4.79 Å². The summed E-state index contributed by atoms with van der Waals surface area (Å²) in [6, 6.07) is 0. The summed E-state index contributed by atoms with van der Waals surface area (Å²) in [5.41, 5.74) is -0.0878. The van der Waals surface area contributed by atoms with Crippen LogP contribution in [0.4, 0.5) is 5.82 Å². The van der Waals surface area contributed by atoms with Gasteiger partial charge in [-0.05, 0) is 20.3 Å². The van der Waals surface area contributed by atoms with E-state index in [1.54, 1.807) is 6.92 Å². The van der Waals surface area contributed by atoms with Crippen LogP contribution in [0.5, 0.6) is 0 Å². The van der Waals surface area contributed by atoms with E-state index in [0.717, 1.165) is 11.3 Å². The van der Waals surface area contributed by atoms with Gasteiger partial charge in [-0.1, -0.05) is 25.9 Å². The predicted octanol–water partition coefficient (Wildman–Crippen LogP) is 3.80. The number of nitrogens with one attached hydrogen (secondary N) is 1. The number of hydrogen-bond donors (Lipinski definition) is 1. The van der Waals surface area contributed by atoms with Crippen LogP contribution in [0, 0.1) is 12.3 Å². The minimum atomic E-state index is -0.985. The van der Waals surface area contributed by atoms with Crippen LogP contribution < -0.4 is 5.32 Å². The Morgan fingerprint density at radius 3 is 2.32 bits per heavy atom. The van der Waals surface area contributed by atoms with E-state index < -0.39 is 9.75 Å². The van der Waals surface area contributed by atoms with Crippen molar-refractivity contribution in [3.05, 3.63) is 11.3 Å². The molecule has 0 radical (unpaired) electrons. The number of aromatic nitrogens is 1. The Balaban J connectivity index is 2.18. The van der Waals surface area contributed by atoms with Crippen LogP contribution in [0.2, 0.25) is 0 Å². The molecule has 1 heterocycles. The Morgan fingerprint density at radius 1 is 1.42 bits per heavy atom. The van der Waals surface area contributed by atoms with Crippen LogP contribution in [-0.2, 0) is 10.2 Å². The Kier molecular flexibility index (Phi) is 3.18. The van der Waals surface area contributed by atoms with Gasteiger partial charge in [-0.25, -0.2) is 0 Å². The third kappa shape index (κ3) is 2.36. The smallest absolute Gasteiger partial charge is 0.234 e. The Labute approximate surface area is 122 Å². The van der Waals surface area contributed by atoms with Gasteiger partial charge < -0.3 is 9.84 Å². The molecule has 1 unspecified atom stereocenters. The summed E-state index contributed by atoms with van der Waals surface area (Å²) in [6.45, 7) is 9.68. The summed E-state index contributed by atoms with van der Waals surface area (Å²) in [5.74, 6) is 0.966. The zero-order chi connectivity index (χ0) is 14.6. The number of rotatable bonds is 2. The number of halogens is 2. The highest BCUT2D eigenvalue weighted by atomic mass is 35.5. The van der Waals surface area contributed by atoms with Crippen molar-refractivity contribution >= 4 is 34.9 Å². The topological polar surface area (TPSA) is 55.1 Å². The van der Waals surface area contributed by atoms with Crippen molar-refractivity contribution in [2.24, 2.45) is 5.41 Å². The molecule has 19 heavy (non-hydrogen) atoms. The first-order valence-corrected chi connectivity index (χ1v) is 6.91. The predicted molar refractivity (Wildman–Crippen MR) is 75.7 cm³/mol. The third-order valence-corrected chi connectivity index (χ3v) is 4.70. The van der Waals surface area contributed by atoms with Gasteiger partial charge in [0.05, 0.1) is 5.41 Å². The summed E-state index contributed by atoms with van der Waals surface area (Å²) in [4.78, 5) is 12.2. The fraction of sp³-hybridized carbons (Fsp3) is 0.692. The lowest BCUT2D eigenvalue weighted by Gasteiger charge is -2.15. The number of hydrogen-bond acceptors (Lipinski definition) is 3. The second-order valence-corrected chi connectivity index (χ2v) is 7.89. The molecular weight excluding hydrogens is 287 g/mol. The fourth-order valence-electron chi connectivity index (χ4n) is 2.04. The van der Waals surface area contributed by atoms with Gasteiger partial charge in [-0.15, -0.1) is 23.2 Å². The molecule has 1 fully saturated rings. The van der Waals surface area contributed by atoms with Gasteiger partial charge in [-0.3, -0.25) is 4.79 Å². The third-order valence-electron chi connectivity index (χ3n) is 3.60. The average molecular weight is 305 g/mol. The molecule has 0 aliphatic heterocycles. The lowest BCUT2D eigenvalue weighted by Crippen LogP contribution is -2.26. The highest BCUT2D eigenvalue weighted by Crippen LogP contribution is 2.64. The van der Waals surface area contributed by atoms with E-state index in [4.69, 9.17) is 27.7 Å². The van der Waals surface area contributed by atoms with Crippen LogP contribution >= 0.6 is 23.2 Å². The molecule has 1 atom stereocenters. The van der Waals surface area contributed by atoms with Gasteiger partial charge in [0.1, 0.15) is 10.1 Å². The molecule has 4 nitrogen and oxygen atoms in total. The quantitative estimate of drug-likeness (QED) is 0.845. The van der Waals surface area contributed by atoms with Gasteiger partial charge in [0, 0.05) is 11.0 Å². The Morgan fingerprint density at radius 2 is 1.95 bits per heavy atom. The molecule has 2 rings (SSSR count). The van der Waals surface area contributed by atoms with Crippen molar-refractivity contribution in [1.29, 1.82) is 0 Å². The van der Waals surface area contributed by atoms with E-state index in [0.29, 0.717) is 12.2 Å². The average Bonchev–Trinajstić information content (AvgIpc) is 2.58. The van der Waals surface area contributed by atoms with E-state index in [2.05, 4.69) is 10.5 Å². The van der Waals surface area contributed by atoms with Gasteiger partial charge in [-0.2, -0.15) is 0 Å². The van der Waals surface area contributed by atoms with E-state index in [1.165, 1.54) is 0 Å². The number of anilines is 1. The van der Waals surface area contributed by atoms with Gasteiger partial charge in [0.2, 0.25) is 5.91 Å². The monoisotopic (exact) mass is 304 g/mol. The van der Waals surface area contributed by atoms with Crippen LogP contribution in [0.1, 0.15) is 45.4 Å². The number of alkyl halides is 2. The van der Waals surface area contributed by atoms with Crippen LogP contribution in [-0.4, -0.2) is 15.4 Å². The van der Waals surface area contributed by atoms with Crippen LogP contribution in [0.25, 0.3) is 0 Å². The first-order valence-electron chi connectivity index (χ1n) is 6.15. The Hall–Kier alpha value is -0.740. The van der Waals surface area contributed by atoms with Crippen molar-refractivity contribution in [2.45, 2.75) is 50.8 Å². The largest absolute Gasteiger partial charge is 0.358 e. The van der Waals surface area contributed by atoms with E-state index >= 15 is 0 Å². The number of nitrogens with zero attached hydrogens (tertiary/aromatic N) is 1. The van der Waals surface area contributed by atoms with Crippen molar-refractivity contribution in [3.63, 3.8) is 0 Å². The van der Waals surface area contributed by atoms with E-state index in [-0.39, 0.29) is 11.3 Å². The highest BCUT2D eigenvalue weighted by Gasteiger charge is 2.68. The van der Waals surface area contributed by atoms with Crippen LogP contribution in [0.3, 0.4) is 0 Å². The van der Waals surface area contributed by atoms with E-state index in [1.807, 2.05) is 27.7 Å². The molecular formula is C13H18Cl2N2O2. The maximum absolute atomic E-state index is 12.2. The molecule has 1 amide bonds. The second-order valence-electron chi connectivity index (χ2n) is 6.40. The molecule has 0 aromatic carbocycles. The van der Waals surface area contributed by atoms with Crippen molar-refractivity contribution in [2.75, 3.05) is 5.32 Å². The number of carbonyl (C=O) groups is 1. The maximum atomic E-state index is 12.2. The minimum Gasteiger partial charge on any atom is -0.358 e. The molecule has 1 aliphatic rings. The maximum Gasteiger partial charge on any atom is 0.234 e. The fourth-order valence-corrected chi connectivity index (χ4v) is 2.75. The molecule has 0 spiro atoms. The zero-order valence-electron chi connectivity index (χ0n) is 11.7. The molecule has 1 N–H and O–H groups in total. The first kappa shape index (κ1) is 14.7. The lowest BCUT2D eigenvalue weighted by atomic mass is 9.91. The molecule has 6 heteroatoms. The molecule has 1 aromatic heterocycles. The van der Waals surface area contributed by atoms with Gasteiger partial charge in [0.25, 0.3) is 0 Å². The summed E-state index contributed by atoms with van der Waals surface area (Å²) in [6.07, 6.45) is 0.442. The molecule has 1 saturated carbocycles. The van der Waals surface area contributed by atoms with Crippen LogP contribution in [0.15, 0.2) is 4.52 Å². The minimum absolute atomic E-state index is 0.160. The Bertz CT molecular complexity index is 531. The summed E-state index contributed by atoms with van der Waals surface area (Å²) in [7, 11) is 0. The number of amides is 1. The second kappa shape index (κ2) is 4.13. The summed E-state index contributed by atoms with van der Waals surface area (Å²) >= 11 is 12.0. The van der Waals surface area contributed by atoms with Gasteiger partial charge in [0.15, 0.2) is 5.82 Å². The molecule has 0 saturated heterocycles. The molecule has 106 valence electrons.